The van der Waals surface area contributed by atoms with Crippen molar-refractivity contribution in [3.63, 3.8) is 0 Å². The molecule has 0 spiro atoms. The normalized spacial score (nSPS) is 18.0. The van der Waals surface area contributed by atoms with Gasteiger partial charge in [0.1, 0.15) is 5.92 Å². The maximum atomic E-state index is 13.4. The molecule has 164 valence electrons. The molecule has 0 fully saturated rings. The Hall–Kier alpha value is -3.13. The second kappa shape index (κ2) is 9.34. The highest BCUT2D eigenvalue weighted by Crippen LogP contribution is 2.41. The Balaban J connectivity index is 2.04. The average molecular weight is 442 g/mol. The number of nitrogens with one attached hydrogen (secondary N) is 2. The van der Waals surface area contributed by atoms with E-state index in [1.165, 1.54) is 0 Å². The SMILES string of the molecule is COc1cc(C2NC(=S)N=C(C)C2C(=O)Nc2cccc(C)c2C)cc(OC)c1OC. The van der Waals surface area contributed by atoms with Crippen molar-refractivity contribution >= 4 is 34.6 Å². The van der Waals surface area contributed by atoms with Crippen molar-refractivity contribution in [2.24, 2.45) is 10.9 Å². The maximum Gasteiger partial charge on any atom is 0.235 e. The van der Waals surface area contributed by atoms with Crippen LogP contribution in [0.1, 0.15) is 29.7 Å². The summed E-state index contributed by atoms with van der Waals surface area (Å²) in [6, 6.07) is 9.00. The molecule has 0 aliphatic carbocycles. The van der Waals surface area contributed by atoms with Crippen LogP contribution in [0.3, 0.4) is 0 Å². The van der Waals surface area contributed by atoms with Crippen LogP contribution in [0.4, 0.5) is 5.69 Å². The van der Waals surface area contributed by atoms with E-state index in [1.807, 2.05) is 51.1 Å². The molecule has 1 aliphatic rings. The largest absolute Gasteiger partial charge is 0.493 e. The van der Waals surface area contributed by atoms with E-state index in [0.29, 0.717) is 28.1 Å². The highest BCUT2D eigenvalue weighted by atomic mass is 32.1. The Morgan fingerprint density at radius 1 is 1.06 bits per heavy atom. The summed E-state index contributed by atoms with van der Waals surface area (Å²) in [5.74, 6) is 0.712. The minimum Gasteiger partial charge on any atom is -0.493 e. The number of aryl methyl sites for hydroxylation is 1. The molecule has 2 N–H and O–H groups in total. The van der Waals surface area contributed by atoms with E-state index in [1.54, 1.807) is 21.3 Å². The third kappa shape index (κ3) is 4.49. The first-order chi connectivity index (χ1) is 14.8. The van der Waals surface area contributed by atoms with Crippen LogP contribution in [0.5, 0.6) is 17.2 Å². The number of hydrogen-bond acceptors (Lipinski definition) is 5. The summed E-state index contributed by atoms with van der Waals surface area (Å²) in [5, 5.41) is 6.56. The van der Waals surface area contributed by atoms with Gasteiger partial charge in [0.25, 0.3) is 0 Å². The highest BCUT2D eigenvalue weighted by Gasteiger charge is 2.37. The molecule has 0 saturated heterocycles. The Morgan fingerprint density at radius 3 is 2.29 bits per heavy atom. The number of carbonyl (C=O) groups is 1. The van der Waals surface area contributed by atoms with Crippen LogP contribution in [0, 0.1) is 19.8 Å². The predicted octanol–water partition coefficient (Wildman–Crippen LogP) is 3.97. The quantitative estimate of drug-likeness (QED) is 0.660. The van der Waals surface area contributed by atoms with Crippen LogP contribution in [-0.2, 0) is 4.79 Å². The lowest BCUT2D eigenvalue weighted by molar-refractivity contribution is -0.118. The van der Waals surface area contributed by atoms with Crippen LogP contribution < -0.4 is 24.8 Å². The Labute approximate surface area is 187 Å². The second-order valence-electron chi connectivity index (χ2n) is 7.35. The van der Waals surface area contributed by atoms with Crippen LogP contribution in [0.25, 0.3) is 0 Å². The lowest BCUT2D eigenvalue weighted by atomic mass is 9.87. The standard InChI is InChI=1S/C23H27N3O4S/c1-12-8-7-9-16(13(12)2)25-22(27)19-14(3)24-23(31)26-20(19)15-10-17(28-4)21(30-6)18(11-15)29-5/h7-11,19-20H,1-6H3,(H,25,27)(H,26,31). The van der Waals surface area contributed by atoms with Gasteiger partial charge in [-0.25, -0.2) is 4.99 Å². The van der Waals surface area contributed by atoms with Gasteiger partial charge >= 0.3 is 0 Å². The summed E-state index contributed by atoms with van der Waals surface area (Å²) in [6.45, 7) is 5.80. The molecule has 31 heavy (non-hydrogen) atoms. The van der Waals surface area contributed by atoms with Crippen LogP contribution in [-0.4, -0.2) is 38.1 Å². The maximum absolute atomic E-state index is 13.4. The van der Waals surface area contributed by atoms with Crippen molar-refractivity contribution in [1.29, 1.82) is 0 Å². The number of anilines is 1. The third-order valence-corrected chi connectivity index (χ3v) is 5.74. The number of methoxy groups -OCH3 is 3. The third-order valence-electron chi connectivity index (χ3n) is 5.53. The Bertz CT molecular complexity index is 1030. The number of hydrogen-bond donors (Lipinski definition) is 2. The first-order valence-corrected chi connectivity index (χ1v) is 10.2. The number of thiocarbonyl (C=S) groups is 1. The molecule has 8 heteroatoms. The lowest BCUT2D eigenvalue weighted by Crippen LogP contribution is -2.45. The first kappa shape index (κ1) is 22.6. The molecule has 3 rings (SSSR count). The van der Waals surface area contributed by atoms with E-state index in [-0.39, 0.29) is 5.91 Å². The molecular weight excluding hydrogens is 414 g/mol. The molecule has 2 unspecified atom stereocenters. The van der Waals surface area contributed by atoms with Crippen molar-refractivity contribution in [3.8, 4) is 17.2 Å². The van der Waals surface area contributed by atoms with E-state index >= 15 is 0 Å². The number of aliphatic imine (C=N–C) groups is 1. The van der Waals surface area contributed by atoms with Crippen molar-refractivity contribution in [1.82, 2.24) is 5.32 Å². The molecule has 1 aliphatic heterocycles. The van der Waals surface area contributed by atoms with Gasteiger partial charge in [0.15, 0.2) is 16.6 Å². The fourth-order valence-corrected chi connectivity index (χ4v) is 3.99. The van der Waals surface area contributed by atoms with Crippen LogP contribution in [0.2, 0.25) is 0 Å². The highest BCUT2D eigenvalue weighted by molar-refractivity contribution is 7.80. The summed E-state index contributed by atoms with van der Waals surface area (Å²) in [5.41, 5.74) is 4.30. The van der Waals surface area contributed by atoms with E-state index < -0.39 is 12.0 Å². The fraction of sp³-hybridized carbons (Fsp3) is 0.348. The molecular formula is C23H27N3O4S. The van der Waals surface area contributed by atoms with Gasteiger partial charge in [0.05, 0.1) is 27.4 Å². The van der Waals surface area contributed by atoms with Crippen LogP contribution in [0.15, 0.2) is 35.3 Å². The molecule has 1 heterocycles. The zero-order chi connectivity index (χ0) is 22.7. The Morgan fingerprint density at radius 2 is 1.71 bits per heavy atom. The minimum absolute atomic E-state index is 0.177. The fourth-order valence-electron chi connectivity index (χ4n) is 3.71. The number of carbonyl (C=O) groups excluding carboxylic acids is 1. The van der Waals surface area contributed by atoms with E-state index in [0.717, 1.165) is 22.4 Å². The molecule has 0 aromatic heterocycles. The summed E-state index contributed by atoms with van der Waals surface area (Å²) in [7, 11) is 4.65. The van der Waals surface area contributed by atoms with E-state index in [2.05, 4.69) is 15.6 Å². The molecule has 2 aromatic carbocycles. The number of benzene rings is 2. The summed E-state index contributed by atoms with van der Waals surface area (Å²) in [4.78, 5) is 17.8. The molecule has 0 bridgehead atoms. The number of nitrogens with zero attached hydrogens (tertiary/aromatic N) is 1. The summed E-state index contributed by atoms with van der Waals surface area (Å²) >= 11 is 5.32. The van der Waals surface area contributed by atoms with Gasteiger partial charge in [-0.2, -0.15) is 0 Å². The zero-order valence-electron chi connectivity index (χ0n) is 18.5. The van der Waals surface area contributed by atoms with Gasteiger partial charge in [-0.15, -0.1) is 0 Å². The summed E-state index contributed by atoms with van der Waals surface area (Å²) in [6.07, 6.45) is 0. The number of ether oxygens (including phenoxy) is 3. The molecule has 2 atom stereocenters. The average Bonchev–Trinajstić information content (AvgIpc) is 2.75. The minimum atomic E-state index is -0.589. The molecule has 2 aromatic rings. The zero-order valence-corrected chi connectivity index (χ0v) is 19.3. The van der Waals surface area contributed by atoms with Crippen molar-refractivity contribution in [2.75, 3.05) is 26.6 Å². The van der Waals surface area contributed by atoms with Crippen molar-refractivity contribution in [3.05, 3.63) is 47.0 Å². The topological polar surface area (TPSA) is 81.2 Å². The van der Waals surface area contributed by atoms with Crippen molar-refractivity contribution in [2.45, 2.75) is 26.8 Å². The molecule has 0 radical (unpaired) electrons. The molecule has 0 saturated carbocycles. The smallest absolute Gasteiger partial charge is 0.235 e. The van der Waals surface area contributed by atoms with Gasteiger partial charge in [0, 0.05) is 11.4 Å². The van der Waals surface area contributed by atoms with E-state index in [9.17, 15) is 4.79 Å². The first-order valence-electron chi connectivity index (χ1n) is 9.83. The van der Waals surface area contributed by atoms with Gasteiger partial charge in [-0.05, 0) is 67.9 Å². The molecule has 1 amide bonds. The molecule has 7 nitrogen and oxygen atoms in total. The number of amides is 1. The van der Waals surface area contributed by atoms with E-state index in [4.69, 9.17) is 26.4 Å². The second-order valence-corrected chi connectivity index (χ2v) is 7.74. The summed E-state index contributed by atoms with van der Waals surface area (Å²) < 4.78 is 16.4. The monoisotopic (exact) mass is 441 g/mol. The van der Waals surface area contributed by atoms with Gasteiger partial charge in [-0.3, -0.25) is 4.79 Å². The van der Waals surface area contributed by atoms with Crippen molar-refractivity contribution < 1.29 is 19.0 Å². The van der Waals surface area contributed by atoms with Crippen LogP contribution >= 0.6 is 12.2 Å². The van der Waals surface area contributed by atoms with Gasteiger partial charge in [-0.1, -0.05) is 12.1 Å². The lowest BCUT2D eigenvalue weighted by Gasteiger charge is -2.32. The number of rotatable bonds is 6. The van der Waals surface area contributed by atoms with Gasteiger partial charge in [0.2, 0.25) is 11.7 Å². The van der Waals surface area contributed by atoms with Gasteiger partial charge < -0.3 is 24.8 Å². The Kier molecular flexibility index (Phi) is 6.80. The predicted molar refractivity (Wildman–Crippen MR) is 126 cm³/mol.